The van der Waals surface area contributed by atoms with Crippen LogP contribution in [0.2, 0.25) is 0 Å². The lowest BCUT2D eigenvalue weighted by Crippen LogP contribution is -2.14. The molecule has 0 bridgehead atoms. The fourth-order valence-electron chi connectivity index (χ4n) is 1.42. The van der Waals surface area contributed by atoms with Crippen molar-refractivity contribution in [1.82, 2.24) is 9.97 Å². The number of carbonyl (C=O) groups excluding carboxylic acids is 2. The van der Waals surface area contributed by atoms with E-state index >= 15 is 0 Å². The van der Waals surface area contributed by atoms with Gasteiger partial charge in [0.15, 0.2) is 0 Å². The Hall–Kier alpha value is -2.28. The van der Waals surface area contributed by atoms with E-state index in [1.54, 1.807) is 18.2 Å². The maximum absolute atomic E-state index is 12.0. The molecular formula is C13H10BrN3O3. The average Bonchev–Trinajstić information content (AvgIpc) is 2.41. The zero-order valence-electron chi connectivity index (χ0n) is 10.5. The molecule has 6 nitrogen and oxygen atoms in total. The lowest BCUT2D eigenvalue weighted by Gasteiger charge is -2.05. The topological polar surface area (TPSA) is 81.2 Å². The van der Waals surface area contributed by atoms with Gasteiger partial charge in [-0.1, -0.05) is 6.07 Å². The van der Waals surface area contributed by atoms with Crippen LogP contribution in [-0.2, 0) is 4.79 Å². The third-order valence-electron chi connectivity index (χ3n) is 2.20. The van der Waals surface area contributed by atoms with Crippen LogP contribution in [0.15, 0.2) is 41.1 Å². The third-order valence-corrected chi connectivity index (χ3v) is 2.61. The maximum atomic E-state index is 12.0. The van der Waals surface area contributed by atoms with Crippen LogP contribution in [0.4, 0.5) is 5.95 Å². The van der Waals surface area contributed by atoms with Crippen LogP contribution in [0.5, 0.6) is 5.75 Å². The number of aromatic nitrogens is 2. The van der Waals surface area contributed by atoms with Gasteiger partial charge in [0.25, 0.3) is 5.91 Å². The number of nitrogens with one attached hydrogen (secondary N) is 1. The first-order valence-corrected chi connectivity index (χ1v) is 6.41. The number of carbonyl (C=O) groups is 2. The largest absolute Gasteiger partial charge is 0.427 e. The van der Waals surface area contributed by atoms with Crippen molar-refractivity contribution in [1.29, 1.82) is 0 Å². The first kappa shape index (κ1) is 14.1. The molecule has 0 aliphatic rings. The Morgan fingerprint density at radius 3 is 2.60 bits per heavy atom. The van der Waals surface area contributed by atoms with E-state index in [2.05, 4.69) is 31.2 Å². The molecule has 0 radical (unpaired) electrons. The summed E-state index contributed by atoms with van der Waals surface area (Å²) in [6.45, 7) is 1.29. The van der Waals surface area contributed by atoms with Gasteiger partial charge in [0, 0.05) is 24.9 Å². The van der Waals surface area contributed by atoms with E-state index in [1.165, 1.54) is 25.4 Å². The minimum absolute atomic E-state index is 0.191. The van der Waals surface area contributed by atoms with Gasteiger partial charge in [0.05, 0.1) is 4.47 Å². The molecule has 102 valence electrons. The predicted molar refractivity (Wildman–Crippen MR) is 75.4 cm³/mol. The number of ether oxygens (including phenoxy) is 1. The fraction of sp³-hybridized carbons (Fsp3) is 0.0769. The molecule has 0 fully saturated rings. The van der Waals surface area contributed by atoms with Crippen LogP contribution in [0.1, 0.15) is 17.3 Å². The summed E-state index contributed by atoms with van der Waals surface area (Å²) in [7, 11) is 0. The Balaban J connectivity index is 2.12. The number of benzene rings is 1. The number of halogens is 1. The van der Waals surface area contributed by atoms with Crippen molar-refractivity contribution in [3.05, 3.63) is 46.7 Å². The summed E-state index contributed by atoms with van der Waals surface area (Å²) in [6, 6.07) is 6.28. The molecule has 7 heteroatoms. The van der Waals surface area contributed by atoms with E-state index in [0.29, 0.717) is 15.8 Å². The molecule has 1 amide bonds. The Morgan fingerprint density at radius 2 is 1.95 bits per heavy atom. The van der Waals surface area contributed by atoms with Gasteiger partial charge in [0.2, 0.25) is 5.95 Å². The number of anilines is 1. The summed E-state index contributed by atoms with van der Waals surface area (Å²) in [6.07, 6.45) is 3.05. The van der Waals surface area contributed by atoms with Crippen molar-refractivity contribution in [3.8, 4) is 5.75 Å². The van der Waals surface area contributed by atoms with Crippen LogP contribution in [0, 0.1) is 0 Å². The molecular weight excluding hydrogens is 326 g/mol. The molecule has 0 atom stereocenters. The van der Waals surface area contributed by atoms with Gasteiger partial charge < -0.3 is 4.74 Å². The molecule has 20 heavy (non-hydrogen) atoms. The lowest BCUT2D eigenvalue weighted by atomic mass is 10.2. The quantitative estimate of drug-likeness (QED) is 0.688. The summed E-state index contributed by atoms with van der Waals surface area (Å²) in [5, 5.41) is 2.54. The molecule has 0 saturated heterocycles. The van der Waals surface area contributed by atoms with Crippen LogP contribution in [0.3, 0.4) is 0 Å². The molecule has 0 saturated carbocycles. The van der Waals surface area contributed by atoms with E-state index < -0.39 is 5.97 Å². The normalized spacial score (nSPS) is 9.90. The fourth-order valence-corrected chi connectivity index (χ4v) is 1.62. The zero-order valence-corrected chi connectivity index (χ0v) is 12.0. The number of esters is 1. The predicted octanol–water partition coefficient (Wildman–Crippen LogP) is 2.42. The second kappa shape index (κ2) is 6.25. The smallest absolute Gasteiger partial charge is 0.308 e. The SMILES string of the molecule is CC(=O)Oc1cccc(C(=O)Nc2ncc(Br)cn2)c1. The second-order valence-corrected chi connectivity index (χ2v) is 4.72. The molecule has 1 aromatic heterocycles. The molecule has 0 spiro atoms. The molecule has 1 aromatic carbocycles. The van der Waals surface area contributed by atoms with Crippen LogP contribution in [-0.4, -0.2) is 21.8 Å². The van der Waals surface area contributed by atoms with Crippen LogP contribution >= 0.6 is 15.9 Å². The van der Waals surface area contributed by atoms with E-state index in [9.17, 15) is 9.59 Å². The minimum Gasteiger partial charge on any atom is -0.427 e. The molecule has 1 N–H and O–H groups in total. The monoisotopic (exact) mass is 335 g/mol. The van der Waals surface area contributed by atoms with E-state index in [0.717, 1.165) is 0 Å². The van der Waals surface area contributed by atoms with E-state index in [4.69, 9.17) is 4.74 Å². The van der Waals surface area contributed by atoms with Gasteiger partial charge in [-0.05, 0) is 34.1 Å². The first-order valence-electron chi connectivity index (χ1n) is 5.62. The highest BCUT2D eigenvalue weighted by Gasteiger charge is 2.09. The van der Waals surface area contributed by atoms with Gasteiger partial charge >= 0.3 is 5.97 Å². The molecule has 2 aromatic rings. The van der Waals surface area contributed by atoms with Gasteiger partial charge in [-0.2, -0.15) is 0 Å². The Bertz CT molecular complexity index is 644. The van der Waals surface area contributed by atoms with Crippen LogP contribution < -0.4 is 10.1 Å². The number of amides is 1. The summed E-state index contributed by atoms with van der Waals surface area (Å²) in [4.78, 5) is 30.7. The van der Waals surface area contributed by atoms with Crippen molar-refractivity contribution in [2.45, 2.75) is 6.92 Å². The molecule has 0 aliphatic heterocycles. The highest BCUT2D eigenvalue weighted by molar-refractivity contribution is 9.10. The number of nitrogens with zero attached hydrogens (tertiary/aromatic N) is 2. The molecule has 0 aliphatic carbocycles. The van der Waals surface area contributed by atoms with Gasteiger partial charge in [-0.3, -0.25) is 14.9 Å². The Kier molecular flexibility index (Phi) is 4.41. The maximum Gasteiger partial charge on any atom is 0.308 e. The molecule has 1 heterocycles. The third kappa shape index (κ3) is 3.86. The van der Waals surface area contributed by atoms with Gasteiger partial charge in [-0.25, -0.2) is 9.97 Å². The van der Waals surface area contributed by atoms with Crippen LogP contribution in [0.25, 0.3) is 0 Å². The average molecular weight is 336 g/mol. The van der Waals surface area contributed by atoms with Crippen molar-refractivity contribution in [2.24, 2.45) is 0 Å². The summed E-state index contributed by atoms with van der Waals surface area (Å²) in [5.41, 5.74) is 0.343. The van der Waals surface area contributed by atoms with Gasteiger partial charge in [-0.15, -0.1) is 0 Å². The summed E-state index contributed by atoms with van der Waals surface area (Å²) < 4.78 is 5.63. The first-order chi connectivity index (χ1) is 9.54. The van der Waals surface area contributed by atoms with E-state index in [1.807, 2.05) is 0 Å². The second-order valence-electron chi connectivity index (χ2n) is 3.80. The molecule has 0 unspecified atom stereocenters. The van der Waals surface area contributed by atoms with Crippen molar-refractivity contribution in [2.75, 3.05) is 5.32 Å². The minimum atomic E-state index is -0.446. The highest BCUT2D eigenvalue weighted by Crippen LogP contribution is 2.15. The standard InChI is InChI=1S/C13H10BrN3O3/c1-8(18)20-11-4-2-3-9(5-11)12(19)17-13-15-6-10(14)7-16-13/h2-7H,1H3,(H,15,16,17,19). The zero-order chi connectivity index (χ0) is 14.5. The van der Waals surface area contributed by atoms with Gasteiger partial charge in [0.1, 0.15) is 5.75 Å². The van der Waals surface area contributed by atoms with Crippen molar-refractivity contribution < 1.29 is 14.3 Å². The van der Waals surface area contributed by atoms with Crippen molar-refractivity contribution in [3.63, 3.8) is 0 Å². The molecule has 2 rings (SSSR count). The summed E-state index contributed by atoms with van der Waals surface area (Å²) >= 11 is 3.20. The number of hydrogen-bond donors (Lipinski definition) is 1. The number of hydrogen-bond acceptors (Lipinski definition) is 5. The lowest BCUT2D eigenvalue weighted by molar-refractivity contribution is -0.131. The Morgan fingerprint density at radius 1 is 1.25 bits per heavy atom. The number of rotatable bonds is 3. The highest BCUT2D eigenvalue weighted by atomic mass is 79.9. The van der Waals surface area contributed by atoms with E-state index in [-0.39, 0.29) is 11.9 Å². The Labute approximate surface area is 123 Å². The summed E-state index contributed by atoms with van der Waals surface area (Å²) in [5.74, 6) is -0.335. The van der Waals surface area contributed by atoms with Crippen molar-refractivity contribution >= 4 is 33.8 Å².